The summed E-state index contributed by atoms with van der Waals surface area (Å²) in [5.74, 6) is 0.625. The molecule has 0 aliphatic rings. The van der Waals surface area contributed by atoms with Crippen LogP contribution in [0.5, 0.6) is 0 Å². The third-order valence-corrected chi connectivity index (χ3v) is 3.24. The molecule has 0 amide bonds. The quantitative estimate of drug-likeness (QED) is 0.583. The van der Waals surface area contributed by atoms with Gasteiger partial charge >= 0.3 is 0 Å². The minimum atomic E-state index is -0.274. The van der Waals surface area contributed by atoms with Crippen LogP contribution in [0.2, 0.25) is 0 Å². The minimum absolute atomic E-state index is 0.265. The Kier molecular flexibility index (Phi) is 4.51. The topological polar surface area (TPSA) is 77.3 Å². The molecule has 0 saturated carbocycles. The zero-order valence-corrected chi connectivity index (χ0v) is 13.4. The van der Waals surface area contributed by atoms with Crippen LogP contribution in [0.4, 0.5) is 0 Å². The zero-order chi connectivity index (χ0) is 14.7. The van der Waals surface area contributed by atoms with Gasteiger partial charge in [-0.2, -0.15) is 0 Å². The Bertz CT molecular complexity index is 832. The maximum atomic E-state index is 11.7. The summed E-state index contributed by atoms with van der Waals surface area (Å²) in [5, 5.41) is 0. The fourth-order valence-corrected chi connectivity index (χ4v) is 2.13. The number of aromatic amines is 3. The van der Waals surface area contributed by atoms with Crippen LogP contribution < -0.4 is 5.56 Å². The highest BCUT2D eigenvalue weighted by Crippen LogP contribution is 2.20. The maximum Gasteiger partial charge on any atom is 0.277 e. The van der Waals surface area contributed by atoms with Crippen molar-refractivity contribution in [2.45, 2.75) is 13.8 Å². The van der Waals surface area contributed by atoms with Gasteiger partial charge < -0.3 is 9.97 Å². The van der Waals surface area contributed by atoms with Gasteiger partial charge in [0.15, 0.2) is 10.4 Å². The summed E-state index contributed by atoms with van der Waals surface area (Å²) in [6, 6.07) is 7.64. The summed E-state index contributed by atoms with van der Waals surface area (Å²) < 4.78 is 1.25. The number of aromatic nitrogens is 4. The monoisotopic (exact) mass is 352 g/mol. The fraction of sp³-hybridized carbons (Fsp3) is 0.154. The number of hydrogen-bond acceptors (Lipinski definition) is 3. The predicted octanol–water partition coefficient (Wildman–Crippen LogP) is 3.76. The van der Waals surface area contributed by atoms with Gasteiger partial charge in [-0.25, -0.2) is 4.98 Å². The molecule has 0 unspecified atom stereocenters. The third-order valence-electron chi connectivity index (χ3n) is 2.51. The second kappa shape index (κ2) is 6.15. The number of imidazole rings is 1. The molecule has 0 fully saturated rings. The Morgan fingerprint density at radius 3 is 2.40 bits per heavy atom. The Hall–Kier alpha value is -1.73. The third kappa shape index (κ3) is 2.88. The average molecular weight is 353 g/mol. The number of H-pyrrole nitrogens is 3. The first-order valence-electron chi connectivity index (χ1n) is 6.12. The number of nitrogens with one attached hydrogen (secondary N) is 3. The highest BCUT2D eigenvalue weighted by atomic mass is 79.9. The smallest absolute Gasteiger partial charge is 0.277 e. The molecule has 0 aliphatic carbocycles. The van der Waals surface area contributed by atoms with Crippen LogP contribution in [0.25, 0.3) is 22.6 Å². The highest BCUT2D eigenvalue weighted by Gasteiger charge is 2.08. The molecule has 0 bridgehead atoms. The number of hydrogen-bond donors (Lipinski definition) is 3. The van der Waals surface area contributed by atoms with Gasteiger partial charge in [0.25, 0.3) is 5.56 Å². The van der Waals surface area contributed by atoms with Gasteiger partial charge in [-0.1, -0.05) is 41.9 Å². The summed E-state index contributed by atoms with van der Waals surface area (Å²) in [6.07, 6.45) is 0. The first kappa shape index (κ1) is 14.7. The standard InChI is InChI=1S/C11H7BrN4OS.C2H6/c12-6-3-1-5(2-4-6)8-13-7-9(14-8)15-11(18)16-10(7)17;1-2/h1-4H,(H3,13,14,15,16,17,18);1-2H3. The summed E-state index contributed by atoms with van der Waals surface area (Å²) >= 11 is 8.27. The Morgan fingerprint density at radius 1 is 1.10 bits per heavy atom. The molecule has 0 radical (unpaired) electrons. The Labute approximate surface area is 128 Å². The van der Waals surface area contributed by atoms with Gasteiger partial charge in [-0.3, -0.25) is 9.78 Å². The summed E-state index contributed by atoms with van der Waals surface area (Å²) in [7, 11) is 0. The maximum absolute atomic E-state index is 11.7. The lowest BCUT2D eigenvalue weighted by Gasteiger charge is -1.95. The fourth-order valence-electron chi connectivity index (χ4n) is 1.68. The summed E-state index contributed by atoms with van der Waals surface area (Å²) in [4.78, 5) is 24.3. The zero-order valence-electron chi connectivity index (χ0n) is 11.0. The molecule has 0 aliphatic heterocycles. The van der Waals surface area contributed by atoms with E-state index in [-0.39, 0.29) is 10.3 Å². The lowest BCUT2D eigenvalue weighted by molar-refractivity contribution is 1.12. The molecule has 0 atom stereocenters. The second-order valence-electron chi connectivity index (χ2n) is 3.72. The number of nitrogens with zero attached hydrogens (tertiary/aromatic N) is 1. The van der Waals surface area contributed by atoms with Gasteiger partial charge in [-0.15, -0.1) is 0 Å². The average Bonchev–Trinajstić information content (AvgIpc) is 2.86. The van der Waals surface area contributed by atoms with Gasteiger partial charge in [0, 0.05) is 10.0 Å². The summed E-state index contributed by atoms with van der Waals surface area (Å²) in [6.45, 7) is 4.00. The van der Waals surface area contributed by atoms with E-state index >= 15 is 0 Å². The van der Waals surface area contributed by atoms with Crippen LogP contribution in [0, 0.1) is 4.77 Å². The SMILES string of the molecule is CC.O=c1[nH]c(=S)[nH]c2nc(-c3ccc(Br)cc3)[nH]c12. The minimum Gasteiger partial charge on any atom is -0.332 e. The van der Waals surface area contributed by atoms with Crippen molar-refractivity contribution in [3.63, 3.8) is 0 Å². The molecule has 20 heavy (non-hydrogen) atoms. The molecule has 2 heterocycles. The van der Waals surface area contributed by atoms with E-state index in [2.05, 4.69) is 35.9 Å². The molecule has 0 spiro atoms. The van der Waals surface area contributed by atoms with E-state index in [0.29, 0.717) is 17.0 Å². The van der Waals surface area contributed by atoms with Crippen molar-refractivity contribution in [2.75, 3.05) is 0 Å². The van der Waals surface area contributed by atoms with Gasteiger partial charge in [0.05, 0.1) is 0 Å². The largest absolute Gasteiger partial charge is 0.332 e. The van der Waals surface area contributed by atoms with Gasteiger partial charge in [0.1, 0.15) is 11.3 Å². The van der Waals surface area contributed by atoms with E-state index < -0.39 is 0 Å². The normalized spacial score (nSPS) is 10.2. The number of benzene rings is 1. The van der Waals surface area contributed by atoms with Crippen LogP contribution in [-0.2, 0) is 0 Å². The van der Waals surface area contributed by atoms with E-state index in [4.69, 9.17) is 12.2 Å². The van der Waals surface area contributed by atoms with Gasteiger partial charge in [0.2, 0.25) is 0 Å². The molecule has 3 rings (SSSR count). The van der Waals surface area contributed by atoms with Crippen molar-refractivity contribution >= 4 is 39.3 Å². The molecular formula is C13H13BrN4OS. The van der Waals surface area contributed by atoms with Crippen molar-refractivity contribution in [1.29, 1.82) is 0 Å². The molecule has 2 aromatic heterocycles. The molecule has 3 N–H and O–H groups in total. The first-order chi connectivity index (χ1) is 9.63. The molecule has 5 nitrogen and oxygen atoms in total. The Morgan fingerprint density at radius 2 is 1.75 bits per heavy atom. The van der Waals surface area contributed by atoms with Crippen LogP contribution in [-0.4, -0.2) is 19.9 Å². The van der Waals surface area contributed by atoms with Crippen LogP contribution in [0.3, 0.4) is 0 Å². The molecule has 7 heteroatoms. The molecule has 0 saturated heterocycles. The van der Waals surface area contributed by atoms with E-state index in [1.165, 1.54) is 0 Å². The number of fused-ring (bicyclic) bond motifs is 1. The molecule has 104 valence electrons. The van der Waals surface area contributed by atoms with Crippen molar-refractivity contribution in [1.82, 2.24) is 19.9 Å². The van der Waals surface area contributed by atoms with E-state index in [0.717, 1.165) is 10.0 Å². The van der Waals surface area contributed by atoms with E-state index in [1.54, 1.807) is 0 Å². The number of halogens is 1. The molecular weight excluding hydrogens is 340 g/mol. The van der Waals surface area contributed by atoms with Crippen molar-refractivity contribution in [2.24, 2.45) is 0 Å². The first-order valence-corrected chi connectivity index (χ1v) is 7.32. The highest BCUT2D eigenvalue weighted by molar-refractivity contribution is 9.10. The molecule has 1 aromatic carbocycles. The van der Waals surface area contributed by atoms with E-state index in [1.807, 2.05) is 38.1 Å². The predicted molar refractivity (Wildman–Crippen MR) is 86.4 cm³/mol. The van der Waals surface area contributed by atoms with E-state index in [9.17, 15) is 4.79 Å². The Balaban J connectivity index is 0.000000704. The molecule has 3 aromatic rings. The van der Waals surface area contributed by atoms with Crippen LogP contribution in [0.1, 0.15) is 13.8 Å². The van der Waals surface area contributed by atoms with Crippen LogP contribution >= 0.6 is 28.1 Å². The lowest BCUT2D eigenvalue weighted by atomic mass is 10.2. The van der Waals surface area contributed by atoms with Crippen molar-refractivity contribution in [3.8, 4) is 11.4 Å². The van der Waals surface area contributed by atoms with Crippen LogP contribution in [0.15, 0.2) is 33.5 Å². The van der Waals surface area contributed by atoms with Crippen molar-refractivity contribution in [3.05, 3.63) is 43.9 Å². The second-order valence-corrected chi connectivity index (χ2v) is 5.05. The van der Waals surface area contributed by atoms with Gasteiger partial charge in [-0.05, 0) is 24.4 Å². The number of rotatable bonds is 1. The lowest BCUT2D eigenvalue weighted by Crippen LogP contribution is -2.07. The summed E-state index contributed by atoms with van der Waals surface area (Å²) in [5.41, 5.74) is 1.47. The van der Waals surface area contributed by atoms with Crippen molar-refractivity contribution < 1.29 is 0 Å².